The third kappa shape index (κ3) is 2.00. The van der Waals surface area contributed by atoms with Crippen LogP contribution in [-0.2, 0) is 7.05 Å². The summed E-state index contributed by atoms with van der Waals surface area (Å²) in [6.45, 7) is 2.01. The quantitative estimate of drug-likeness (QED) is 0.680. The van der Waals surface area contributed by atoms with Crippen molar-refractivity contribution in [3.8, 4) is 0 Å². The second kappa shape index (κ2) is 4.35. The Bertz CT molecular complexity index is 766. The molecule has 0 bridgehead atoms. The average molecular weight is 319 g/mol. The molecule has 0 unspecified atom stereocenters. The lowest BCUT2D eigenvalue weighted by Gasteiger charge is -1.98. The summed E-state index contributed by atoms with van der Waals surface area (Å²) in [4.78, 5) is 12.4. The first-order valence-electron chi connectivity index (χ1n) is 5.78. The van der Waals surface area contributed by atoms with Crippen molar-refractivity contribution in [2.24, 2.45) is 7.05 Å². The van der Waals surface area contributed by atoms with Crippen LogP contribution in [0.25, 0.3) is 11.0 Å². The molecule has 3 aromatic rings. The minimum atomic E-state index is -0.180. The zero-order valence-corrected chi connectivity index (χ0v) is 12.1. The maximum Gasteiger partial charge on any atom is 0.247 e. The highest BCUT2D eigenvalue weighted by molar-refractivity contribution is 9.10. The molecule has 0 amide bonds. The number of rotatable bonds is 2. The summed E-state index contributed by atoms with van der Waals surface area (Å²) in [6, 6.07) is 7.60. The van der Waals surface area contributed by atoms with E-state index < -0.39 is 0 Å². The van der Waals surface area contributed by atoms with Gasteiger partial charge in [0.15, 0.2) is 5.76 Å². The molecule has 0 aliphatic carbocycles. The van der Waals surface area contributed by atoms with Gasteiger partial charge in [-0.2, -0.15) is 5.10 Å². The zero-order valence-electron chi connectivity index (χ0n) is 10.5. The number of hydrogen-bond acceptors (Lipinski definition) is 3. The Kier molecular flexibility index (Phi) is 2.78. The summed E-state index contributed by atoms with van der Waals surface area (Å²) >= 11 is 3.32. The smallest absolute Gasteiger partial charge is 0.247 e. The van der Waals surface area contributed by atoms with E-state index in [9.17, 15) is 4.79 Å². The molecular weight excluding hydrogens is 308 g/mol. The average Bonchev–Trinajstić information content (AvgIpc) is 2.92. The Morgan fingerprint density at radius 3 is 2.84 bits per heavy atom. The monoisotopic (exact) mass is 318 g/mol. The number of nitrogens with zero attached hydrogens (tertiary/aromatic N) is 2. The highest BCUT2D eigenvalue weighted by Crippen LogP contribution is 2.25. The topological polar surface area (TPSA) is 48.0 Å². The van der Waals surface area contributed by atoms with Gasteiger partial charge in [0.25, 0.3) is 0 Å². The Balaban J connectivity index is 2.12. The lowest BCUT2D eigenvalue weighted by atomic mass is 10.1. The van der Waals surface area contributed by atoms with E-state index >= 15 is 0 Å². The minimum Gasteiger partial charge on any atom is -0.453 e. The standard InChI is InChI=1S/C14H11BrN2O2/c1-8-3-4-11-9(5-8)6-12(19-11)14(18)13-10(15)7-16-17(13)2/h3-7H,1-2H3. The van der Waals surface area contributed by atoms with E-state index in [1.807, 2.05) is 25.1 Å². The van der Waals surface area contributed by atoms with Crippen LogP contribution in [0.4, 0.5) is 0 Å². The van der Waals surface area contributed by atoms with Gasteiger partial charge in [0.05, 0.1) is 10.7 Å². The molecule has 4 nitrogen and oxygen atoms in total. The molecule has 0 radical (unpaired) electrons. The summed E-state index contributed by atoms with van der Waals surface area (Å²) in [5, 5.41) is 4.97. The molecule has 5 heteroatoms. The van der Waals surface area contributed by atoms with E-state index in [4.69, 9.17) is 4.42 Å². The first kappa shape index (κ1) is 12.2. The van der Waals surface area contributed by atoms with Crippen LogP contribution >= 0.6 is 15.9 Å². The number of ketones is 1. The van der Waals surface area contributed by atoms with Crippen LogP contribution in [-0.4, -0.2) is 15.6 Å². The van der Waals surface area contributed by atoms with Crippen molar-refractivity contribution in [2.45, 2.75) is 6.92 Å². The number of carbonyl (C=O) groups is 1. The van der Waals surface area contributed by atoms with Crippen LogP contribution in [0.3, 0.4) is 0 Å². The molecule has 96 valence electrons. The van der Waals surface area contributed by atoms with Gasteiger partial charge in [-0.05, 0) is 41.1 Å². The molecule has 0 fully saturated rings. The van der Waals surface area contributed by atoms with E-state index in [-0.39, 0.29) is 5.78 Å². The van der Waals surface area contributed by atoms with Gasteiger partial charge in [-0.25, -0.2) is 0 Å². The number of carbonyl (C=O) groups excluding carboxylic acids is 1. The first-order chi connectivity index (χ1) is 9.06. The van der Waals surface area contributed by atoms with E-state index in [1.54, 1.807) is 19.3 Å². The van der Waals surface area contributed by atoms with Gasteiger partial charge >= 0.3 is 0 Å². The molecule has 2 heterocycles. The van der Waals surface area contributed by atoms with Gasteiger partial charge in [-0.1, -0.05) is 11.6 Å². The normalized spacial score (nSPS) is 11.1. The maximum atomic E-state index is 12.4. The summed E-state index contributed by atoms with van der Waals surface area (Å²) in [7, 11) is 1.73. The molecule has 2 aromatic heterocycles. The Morgan fingerprint density at radius 1 is 1.37 bits per heavy atom. The number of halogens is 1. The molecule has 0 spiro atoms. The van der Waals surface area contributed by atoms with Gasteiger partial charge < -0.3 is 4.42 Å². The van der Waals surface area contributed by atoms with E-state index in [1.165, 1.54) is 4.68 Å². The van der Waals surface area contributed by atoms with Crippen molar-refractivity contribution in [1.29, 1.82) is 0 Å². The fourth-order valence-corrected chi connectivity index (χ4v) is 2.59. The molecule has 0 saturated carbocycles. The molecule has 0 atom stereocenters. The summed E-state index contributed by atoms with van der Waals surface area (Å²) in [5.74, 6) is 0.144. The molecule has 0 N–H and O–H groups in total. The van der Waals surface area contributed by atoms with E-state index in [0.29, 0.717) is 21.5 Å². The summed E-state index contributed by atoms with van der Waals surface area (Å²) in [5.41, 5.74) is 2.33. The molecule has 0 aliphatic heterocycles. The largest absolute Gasteiger partial charge is 0.453 e. The second-order valence-electron chi connectivity index (χ2n) is 4.45. The minimum absolute atomic E-state index is 0.180. The van der Waals surface area contributed by atoms with Crippen molar-refractivity contribution < 1.29 is 9.21 Å². The third-order valence-corrected chi connectivity index (χ3v) is 3.59. The number of aryl methyl sites for hydroxylation is 2. The Labute approximate surface area is 118 Å². The number of hydrogen-bond donors (Lipinski definition) is 0. The highest BCUT2D eigenvalue weighted by Gasteiger charge is 2.20. The van der Waals surface area contributed by atoms with Crippen LogP contribution in [0.1, 0.15) is 21.8 Å². The number of furan rings is 1. The van der Waals surface area contributed by atoms with E-state index in [2.05, 4.69) is 21.0 Å². The molecule has 3 rings (SSSR count). The molecule has 0 aliphatic rings. The van der Waals surface area contributed by atoms with Crippen LogP contribution in [0.5, 0.6) is 0 Å². The van der Waals surface area contributed by atoms with Crippen molar-refractivity contribution in [1.82, 2.24) is 9.78 Å². The first-order valence-corrected chi connectivity index (χ1v) is 6.58. The van der Waals surface area contributed by atoms with Crippen LogP contribution < -0.4 is 0 Å². The highest BCUT2D eigenvalue weighted by atomic mass is 79.9. The number of benzene rings is 1. The fraction of sp³-hybridized carbons (Fsp3) is 0.143. The Morgan fingerprint density at radius 2 is 2.16 bits per heavy atom. The van der Waals surface area contributed by atoms with Crippen molar-refractivity contribution in [3.63, 3.8) is 0 Å². The van der Waals surface area contributed by atoms with Crippen molar-refractivity contribution in [3.05, 3.63) is 52.0 Å². The lowest BCUT2D eigenvalue weighted by molar-refractivity contribution is 0.100. The van der Waals surface area contributed by atoms with Crippen molar-refractivity contribution in [2.75, 3.05) is 0 Å². The van der Waals surface area contributed by atoms with Crippen molar-refractivity contribution >= 4 is 32.7 Å². The van der Waals surface area contributed by atoms with E-state index in [0.717, 1.165) is 10.9 Å². The maximum absolute atomic E-state index is 12.4. The number of fused-ring (bicyclic) bond motifs is 1. The second-order valence-corrected chi connectivity index (χ2v) is 5.30. The lowest BCUT2D eigenvalue weighted by Crippen LogP contribution is -2.07. The zero-order chi connectivity index (χ0) is 13.6. The van der Waals surface area contributed by atoms with Gasteiger partial charge in [-0.3, -0.25) is 9.48 Å². The summed E-state index contributed by atoms with van der Waals surface area (Å²) in [6.07, 6.45) is 1.60. The predicted molar refractivity (Wildman–Crippen MR) is 75.3 cm³/mol. The summed E-state index contributed by atoms with van der Waals surface area (Å²) < 4.78 is 7.80. The Hall–Kier alpha value is -1.88. The molecular formula is C14H11BrN2O2. The molecule has 0 saturated heterocycles. The van der Waals surface area contributed by atoms with Crippen LogP contribution in [0.2, 0.25) is 0 Å². The fourth-order valence-electron chi connectivity index (χ4n) is 2.06. The van der Waals surface area contributed by atoms with Gasteiger partial charge in [0.2, 0.25) is 5.78 Å². The van der Waals surface area contributed by atoms with Crippen LogP contribution in [0, 0.1) is 6.92 Å². The van der Waals surface area contributed by atoms with Gasteiger partial charge in [0, 0.05) is 12.4 Å². The molecule has 1 aromatic carbocycles. The van der Waals surface area contributed by atoms with Crippen LogP contribution in [0.15, 0.2) is 39.4 Å². The van der Waals surface area contributed by atoms with Gasteiger partial charge in [-0.15, -0.1) is 0 Å². The number of aromatic nitrogens is 2. The van der Waals surface area contributed by atoms with Gasteiger partial charge in [0.1, 0.15) is 11.3 Å². The third-order valence-electron chi connectivity index (χ3n) is 3.00. The predicted octanol–water partition coefficient (Wildman–Crippen LogP) is 3.47. The SMILES string of the molecule is Cc1ccc2oc(C(=O)c3c(Br)cnn3C)cc2c1. The molecule has 19 heavy (non-hydrogen) atoms.